The van der Waals surface area contributed by atoms with Gasteiger partial charge in [0, 0.05) is 29.6 Å². The first kappa shape index (κ1) is 16.1. The normalized spacial score (nSPS) is 13.8. The molecule has 0 amide bonds. The first-order chi connectivity index (χ1) is 12.9. The van der Waals surface area contributed by atoms with Crippen LogP contribution in [-0.2, 0) is 6.54 Å². The van der Waals surface area contributed by atoms with Gasteiger partial charge in [-0.2, -0.15) is 0 Å². The van der Waals surface area contributed by atoms with E-state index in [0.29, 0.717) is 6.73 Å². The lowest BCUT2D eigenvalue weighted by Gasteiger charge is -2.30. The molecule has 0 aliphatic carbocycles. The monoisotopic (exact) mass is 344 g/mol. The van der Waals surface area contributed by atoms with Crippen molar-refractivity contribution >= 4 is 11.8 Å². The number of ether oxygens (including phenoxy) is 1. The number of hydrogen-bond acceptors (Lipinski definition) is 4. The Bertz CT molecular complexity index is 893. The minimum absolute atomic E-state index is 0.626. The molecule has 5 rings (SSSR count). The van der Waals surface area contributed by atoms with E-state index >= 15 is 0 Å². The van der Waals surface area contributed by atoms with Crippen molar-refractivity contribution in [3.05, 3.63) is 96.2 Å². The highest BCUT2D eigenvalue weighted by molar-refractivity contribution is 5.58. The molecule has 0 aromatic heterocycles. The van der Waals surface area contributed by atoms with E-state index in [0.717, 1.165) is 23.6 Å². The molecule has 2 aliphatic heterocycles. The summed E-state index contributed by atoms with van der Waals surface area (Å²) in [6.07, 6.45) is 3.74. The summed E-state index contributed by atoms with van der Waals surface area (Å²) in [7, 11) is 0. The molecular formula is C22H20N2O2. The maximum absolute atomic E-state index is 5.72. The lowest BCUT2D eigenvalue weighted by atomic mass is 10.1. The van der Waals surface area contributed by atoms with Gasteiger partial charge in [0.2, 0.25) is 0 Å². The molecule has 0 radical (unpaired) electrons. The average molecular weight is 344 g/mol. The first-order valence-electron chi connectivity index (χ1n) is 8.59. The summed E-state index contributed by atoms with van der Waals surface area (Å²) in [4.78, 5) is 7.31. The second-order valence-corrected chi connectivity index (χ2v) is 6.01. The fourth-order valence-corrected chi connectivity index (χ4v) is 2.91. The number of hydrogen-bond donors (Lipinski definition) is 1. The maximum atomic E-state index is 5.72. The van der Waals surface area contributed by atoms with E-state index in [1.54, 1.807) is 6.20 Å². The van der Waals surface area contributed by atoms with Crippen LogP contribution in [0.2, 0.25) is 0 Å². The molecule has 0 saturated carbocycles. The molecule has 0 fully saturated rings. The Morgan fingerprint density at radius 3 is 2.35 bits per heavy atom. The molecular weight excluding hydrogens is 324 g/mol. The highest BCUT2D eigenvalue weighted by atomic mass is 16.6. The largest absolute Gasteiger partial charge is 0.473 e. The molecule has 3 aromatic carbocycles. The Balaban J connectivity index is 0.000000144. The van der Waals surface area contributed by atoms with E-state index in [-0.39, 0.29) is 0 Å². The molecule has 26 heavy (non-hydrogen) atoms. The van der Waals surface area contributed by atoms with Crippen LogP contribution in [0.1, 0.15) is 11.1 Å². The van der Waals surface area contributed by atoms with Crippen molar-refractivity contribution in [3.8, 4) is 11.5 Å². The summed E-state index contributed by atoms with van der Waals surface area (Å²) in [5, 5.41) is 0. The number of hydroxylamine groups is 1. The number of nitrogens with one attached hydrogen (secondary N) is 1. The fraction of sp³-hybridized carbons (Fsp3) is 0.0909. The highest BCUT2D eigenvalue weighted by Crippen LogP contribution is 2.27. The molecule has 2 aliphatic rings. The summed E-state index contributed by atoms with van der Waals surface area (Å²) in [5.74, 6) is 1.89. The number of rotatable bonds is 1. The SMILES string of the molecule is C1=Cc2ccccc2ON1.c1ccc(N2COc3ccccc3C2)cc1. The van der Waals surface area contributed by atoms with Crippen LogP contribution >= 0.6 is 0 Å². The van der Waals surface area contributed by atoms with Crippen molar-refractivity contribution in [2.45, 2.75) is 6.54 Å². The van der Waals surface area contributed by atoms with E-state index in [9.17, 15) is 0 Å². The van der Waals surface area contributed by atoms with Gasteiger partial charge in [0.1, 0.15) is 5.75 Å². The molecule has 2 heterocycles. The van der Waals surface area contributed by atoms with Crippen LogP contribution < -0.4 is 20.0 Å². The predicted octanol–water partition coefficient (Wildman–Crippen LogP) is 4.60. The summed E-state index contributed by atoms with van der Waals surface area (Å²) >= 11 is 0. The summed E-state index contributed by atoms with van der Waals surface area (Å²) in [6.45, 7) is 1.54. The molecule has 130 valence electrons. The molecule has 1 N–H and O–H groups in total. The molecule has 0 spiro atoms. The predicted molar refractivity (Wildman–Crippen MR) is 104 cm³/mol. The summed E-state index contributed by atoms with van der Waals surface area (Å²) in [6, 6.07) is 26.4. The highest BCUT2D eigenvalue weighted by Gasteiger charge is 2.16. The van der Waals surface area contributed by atoms with Gasteiger partial charge in [-0.25, -0.2) is 5.48 Å². The van der Waals surface area contributed by atoms with Gasteiger partial charge in [-0.3, -0.25) is 0 Å². The van der Waals surface area contributed by atoms with Crippen molar-refractivity contribution in [2.75, 3.05) is 11.6 Å². The third-order valence-electron chi connectivity index (χ3n) is 4.25. The van der Waals surface area contributed by atoms with Gasteiger partial charge in [-0.05, 0) is 30.3 Å². The van der Waals surface area contributed by atoms with Crippen LogP contribution in [0.3, 0.4) is 0 Å². The number of nitrogens with zero attached hydrogens (tertiary/aromatic N) is 1. The lowest BCUT2D eigenvalue weighted by molar-refractivity contribution is 0.239. The second kappa shape index (κ2) is 7.66. The van der Waals surface area contributed by atoms with Gasteiger partial charge in [-0.1, -0.05) is 54.6 Å². The summed E-state index contributed by atoms with van der Waals surface area (Å²) in [5.41, 5.74) is 6.23. The van der Waals surface area contributed by atoms with Crippen LogP contribution in [0.4, 0.5) is 5.69 Å². The Hall–Kier alpha value is -3.40. The van der Waals surface area contributed by atoms with Gasteiger partial charge in [0.25, 0.3) is 0 Å². The minimum Gasteiger partial charge on any atom is -0.473 e. The average Bonchev–Trinajstić information content (AvgIpc) is 2.74. The van der Waals surface area contributed by atoms with Crippen molar-refractivity contribution in [1.82, 2.24) is 5.48 Å². The molecule has 0 bridgehead atoms. The van der Waals surface area contributed by atoms with E-state index in [1.165, 1.54) is 11.3 Å². The smallest absolute Gasteiger partial charge is 0.162 e. The van der Waals surface area contributed by atoms with Gasteiger partial charge < -0.3 is 14.5 Å². The van der Waals surface area contributed by atoms with Gasteiger partial charge in [0.15, 0.2) is 12.5 Å². The molecule has 3 aromatic rings. The Kier molecular flexibility index (Phi) is 4.74. The van der Waals surface area contributed by atoms with E-state index in [2.05, 4.69) is 46.8 Å². The Labute approximate surface area is 153 Å². The van der Waals surface area contributed by atoms with Crippen LogP contribution in [0.15, 0.2) is 85.1 Å². The second-order valence-electron chi connectivity index (χ2n) is 6.01. The number of benzene rings is 3. The van der Waals surface area contributed by atoms with Crippen LogP contribution in [0, 0.1) is 0 Å². The van der Waals surface area contributed by atoms with Gasteiger partial charge in [-0.15, -0.1) is 0 Å². The molecule has 0 atom stereocenters. The third-order valence-corrected chi connectivity index (χ3v) is 4.25. The lowest BCUT2D eigenvalue weighted by Crippen LogP contribution is -2.31. The third kappa shape index (κ3) is 3.64. The Morgan fingerprint density at radius 2 is 1.50 bits per heavy atom. The zero-order chi connectivity index (χ0) is 17.6. The van der Waals surface area contributed by atoms with Gasteiger partial charge >= 0.3 is 0 Å². The number of fused-ring (bicyclic) bond motifs is 2. The summed E-state index contributed by atoms with van der Waals surface area (Å²) < 4.78 is 5.72. The van der Waals surface area contributed by atoms with Crippen molar-refractivity contribution in [2.24, 2.45) is 0 Å². The van der Waals surface area contributed by atoms with Gasteiger partial charge in [0.05, 0.1) is 0 Å². The zero-order valence-electron chi connectivity index (χ0n) is 14.3. The topological polar surface area (TPSA) is 33.7 Å². The van der Waals surface area contributed by atoms with E-state index in [1.807, 2.05) is 48.5 Å². The quantitative estimate of drug-likeness (QED) is 0.700. The van der Waals surface area contributed by atoms with Crippen LogP contribution in [0.5, 0.6) is 11.5 Å². The van der Waals surface area contributed by atoms with Crippen molar-refractivity contribution in [3.63, 3.8) is 0 Å². The zero-order valence-corrected chi connectivity index (χ0v) is 14.3. The maximum Gasteiger partial charge on any atom is 0.162 e. The van der Waals surface area contributed by atoms with Crippen molar-refractivity contribution < 1.29 is 9.57 Å². The molecule has 0 unspecified atom stereocenters. The van der Waals surface area contributed by atoms with Crippen molar-refractivity contribution in [1.29, 1.82) is 0 Å². The molecule has 0 saturated heterocycles. The number of para-hydroxylation sites is 3. The van der Waals surface area contributed by atoms with Crippen LogP contribution in [-0.4, -0.2) is 6.73 Å². The fourth-order valence-electron chi connectivity index (χ4n) is 2.91. The number of anilines is 1. The standard InChI is InChI=1S/C14H13NO.C8H7NO/c1-2-7-13(8-3-1)15-10-12-6-4-5-9-14(12)16-11-15;1-2-4-8-7(3-1)5-6-9-10-8/h1-9H,10-11H2;1-6,9H. The van der Waals surface area contributed by atoms with E-state index < -0.39 is 0 Å². The molecule has 4 heteroatoms. The first-order valence-corrected chi connectivity index (χ1v) is 8.59. The Morgan fingerprint density at radius 1 is 0.769 bits per heavy atom. The van der Waals surface area contributed by atoms with Crippen LogP contribution in [0.25, 0.3) is 6.08 Å². The van der Waals surface area contributed by atoms with E-state index in [4.69, 9.17) is 9.57 Å². The molecule has 4 nitrogen and oxygen atoms in total. The minimum atomic E-state index is 0.626.